The van der Waals surface area contributed by atoms with Crippen molar-refractivity contribution in [2.45, 2.75) is 26.4 Å². The lowest BCUT2D eigenvalue weighted by Gasteiger charge is -2.10. The predicted molar refractivity (Wildman–Crippen MR) is 72.8 cm³/mol. The Morgan fingerprint density at radius 2 is 1.94 bits per heavy atom. The fraction of sp³-hybridized carbons (Fsp3) is 0.500. The highest BCUT2D eigenvalue weighted by Crippen LogP contribution is 2.13. The van der Waals surface area contributed by atoms with E-state index in [1.54, 1.807) is 7.05 Å². The van der Waals surface area contributed by atoms with Crippen molar-refractivity contribution in [1.29, 1.82) is 0 Å². The topological polar surface area (TPSA) is 50.4 Å². The first-order valence-electron chi connectivity index (χ1n) is 6.28. The van der Waals surface area contributed by atoms with Gasteiger partial charge in [-0.2, -0.15) is 0 Å². The number of rotatable bonds is 7. The second-order valence-electron chi connectivity index (χ2n) is 4.44. The van der Waals surface area contributed by atoms with Gasteiger partial charge in [-0.3, -0.25) is 4.79 Å². The molecule has 0 saturated carbocycles. The van der Waals surface area contributed by atoms with E-state index in [2.05, 4.69) is 10.6 Å². The second-order valence-corrected chi connectivity index (χ2v) is 4.44. The van der Waals surface area contributed by atoms with E-state index < -0.39 is 0 Å². The Labute approximate surface area is 109 Å². The van der Waals surface area contributed by atoms with Crippen LogP contribution in [0.1, 0.15) is 19.4 Å². The third kappa shape index (κ3) is 5.68. The minimum atomic E-state index is 0.0252. The third-order valence-electron chi connectivity index (χ3n) is 2.37. The number of carbonyl (C=O) groups is 1. The second kappa shape index (κ2) is 7.71. The fourth-order valence-corrected chi connectivity index (χ4v) is 1.58. The first-order chi connectivity index (χ1) is 8.61. The average Bonchev–Trinajstić information content (AvgIpc) is 2.31. The van der Waals surface area contributed by atoms with Gasteiger partial charge in [0, 0.05) is 6.54 Å². The molecule has 0 radical (unpaired) electrons. The van der Waals surface area contributed by atoms with Gasteiger partial charge in [0.25, 0.3) is 0 Å². The van der Waals surface area contributed by atoms with Crippen LogP contribution in [0.4, 0.5) is 0 Å². The van der Waals surface area contributed by atoms with E-state index in [0.717, 1.165) is 12.2 Å². The van der Waals surface area contributed by atoms with E-state index in [4.69, 9.17) is 4.74 Å². The van der Waals surface area contributed by atoms with Crippen LogP contribution in [0.5, 0.6) is 5.75 Å². The first kappa shape index (κ1) is 14.5. The molecule has 0 aromatic heterocycles. The molecular formula is C14H22N2O2. The number of amides is 1. The van der Waals surface area contributed by atoms with Gasteiger partial charge in [0.1, 0.15) is 5.75 Å². The van der Waals surface area contributed by atoms with Gasteiger partial charge in [0.15, 0.2) is 0 Å². The summed E-state index contributed by atoms with van der Waals surface area (Å²) in [4.78, 5) is 11.2. The molecule has 0 aliphatic heterocycles. The maximum Gasteiger partial charge on any atom is 0.233 e. The molecule has 100 valence electrons. The monoisotopic (exact) mass is 250 g/mol. The van der Waals surface area contributed by atoms with Gasteiger partial charge in [0.2, 0.25) is 5.91 Å². The molecule has 0 atom stereocenters. The van der Waals surface area contributed by atoms with Crippen LogP contribution in [0.25, 0.3) is 0 Å². The van der Waals surface area contributed by atoms with Crippen molar-refractivity contribution in [1.82, 2.24) is 10.6 Å². The highest BCUT2D eigenvalue weighted by atomic mass is 16.5. The molecule has 0 saturated heterocycles. The number of likely N-dealkylation sites (N-methyl/N-ethyl adjacent to an activating group) is 1. The van der Waals surface area contributed by atoms with Crippen molar-refractivity contribution in [2.24, 2.45) is 0 Å². The van der Waals surface area contributed by atoms with Crippen LogP contribution in [-0.2, 0) is 11.2 Å². The standard InChI is InChI=1S/C14H22N2O2/c1-11(2)18-13-6-4-12(5-7-13)8-9-16-14(17)10-15-3/h4-7,11,15H,8-10H2,1-3H3,(H,16,17). The molecule has 2 N–H and O–H groups in total. The Balaban J connectivity index is 2.33. The molecule has 0 aliphatic carbocycles. The number of carbonyl (C=O) groups excluding carboxylic acids is 1. The van der Waals surface area contributed by atoms with Crippen LogP contribution in [0.2, 0.25) is 0 Å². The molecule has 1 amide bonds. The number of benzene rings is 1. The molecule has 1 aromatic carbocycles. The van der Waals surface area contributed by atoms with Crippen molar-refractivity contribution in [3.63, 3.8) is 0 Å². The number of hydrogen-bond acceptors (Lipinski definition) is 3. The van der Waals surface area contributed by atoms with Crippen LogP contribution < -0.4 is 15.4 Å². The molecule has 18 heavy (non-hydrogen) atoms. The van der Waals surface area contributed by atoms with Crippen LogP contribution in [-0.4, -0.2) is 32.1 Å². The van der Waals surface area contributed by atoms with Crippen molar-refractivity contribution < 1.29 is 9.53 Å². The van der Waals surface area contributed by atoms with Crippen molar-refractivity contribution >= 4 is 5.91 Å². The van der Waals surface area contributed by atoms with E-state index in [-0.39, 0.29) is 12.0 Å². The maximum absolute atomic E-state index is 11.2. The molecular weight excluding hydrogens is 228 g/mol. The molecule has 0 spiro atoms. The fourth-order valence-electron chi connectivity index (χ4n) is 1.58. The molecule has 4 heteroatoms. The minimum Gasteiger partial charge on any atom is -0.491 e. The average molecular weight is 250 g/mol. The number of nitrogens with one attached hydrogen (secondary N) is 2. The molecule has 1 aromatic rings. The molecule has 0 bridgehead atoms. The van der Waals surface area contributed by atoms with Crippen LogP contribution in [0.3, 0.4) is 0 Å². The van der Waals surface area contributed by atoms with E-state index in [1.807, 2.05) is 38.1 Å². The van der Waals surface area contributed by atoms with Crippen LogP contribution >= 0.6 is 0 Å². The molecule has 0 unspecified atom stereocenters. The van der Waals surface area contributed by atoms with Gasteiger partial charge >= 0.3 is 0 Å². The van der Waals surface area contributed by atoms with E-state index in [0.29, 0.717) is 13.1 Å². The number of ether oxygens (including phenoxy) is 1. The summed E-state index contributed by atoms with van der Waals surface area (Å²) < 4.78 is 5.57. The lowest BCUT2D eigenvalue weighted by molar-refractivity contribution is -0.120. The Morgan fingerprint density at radius 3 is 2.50 bits per heavy atom. The Morgan fingerprint density at radius 1 is 1.28 bits per heavy atom. The normalized spacial score (nSPS) is 10.4. The van der Waals surface area contributed by atoms with Crippen molar-refractivity contribution in [3.8, 4) is 5.75 Å². The maximum atomic E-state index is 11.2. The zero-order valence-electron chi connectivity index (χ0n) is 11.3. The van der Waals surface area contributed by atoms with Crippen molar-refractivity contribution in [2.75, 3.05) is 20.1 Å². The number of hydrogen-bond donors (Lipinski definition) is 2. The highest BCUT2D eigenvalue weighted by Gasteiger charge is 2.00. The summed E-state index contributed by atoms with van der Waals surface area (Å²) in [5, 5.41) is 5.66. The smallest absolute Gasteiger partial charge is 0.233 e. The van der Waals surface area contributed by atoms with Gasteiger partial charge in [0.05, 0.1) is 12.6 Å². The van der Waals surface area contributed by atoms with E-state index >= 15 is 0 Å². The van der Waals surface area contributed by atoms with E-state index in [9.17, 15) is 4.79 Å². The quantitative estimate of drug-likeness (QED) is 0.768. The molecule has 0 aliphatic rings. The van der Waals surface area contributed by atoms with Crippen LogP contribution in [0, 0.1) is 0 Å². The van der Waals surface area contributed by atoms with Crippen molar-refractivity contribution in [3.05, 3.63) is 29.8 Å². The Kier molecular flexibility index (Phi) is 6.22. The van der Waals surface area contributed by atoms with Crippen LogP contribution in [0.15, 0.2) is 24.3 Å². The van der Waals surface area contributed by atoms with Gasteiger partial charge < -0.3 is 15.4 Å². The summed E-state index contributed by atoms with van der Waals surface area (Å²) in [5.41, 5.74) is 1.19. The Bertz CT molecular complexity index is 361. The van der Waals surface area contributed by atoms with Gasteiger partial charge in [-0.15, -0.1) is 0 Å². The largest absolute Gasteiger partial charge is 0.491 e. The first-order valence-corrected chi connectivity index (χ1v) is 6.28. The van der Waals surface area contributed by atoms with Gasteiger partial charge in [-0.25, -0.2) is 0 Å². The summed E-state index contributed by atoms with van der Waals surface area (Å²) in [7, 11) is 1.76. The predicted octanol–water partition coefficient (Wildman–Crippen LogP) is 1.35. The van der Waals surface area contributed by atoms with Gasteiger partial charge in [-0.05, 0) is 45.0 Å². The SMILES string of the molecule is CNCC(=O)NCCc1ccc(OC(C)C)cc1. The summed E-state index contributed by atoms with van der Waals surface area (Å²) in [6.07, 6.45) is 1.02. The third-order valence-corrected chi connectivity index (χ3v) is 2.37. The molecule has 4 nitrogen and oxygen atoms in total. The summed E-state index contributed by atoms with van der Waals surface area (Å²) >= 11 is 0. The van der Waals surface area contributed by atoms with E-state index in [1.165, 1.54) is 5.56 Å². The molecule has 1 rings (SSSR count). The Hall–Kier alpha value is -1.55. The minimum absolute atomic E-state index is 0.0252. The molecule has 0 heterocycles. The lowest BCUT2D eigenvalue weighted by Crippen LogP contribution is -2.33. The summed E-state index contributed by atoms with van der Waals surface area (Å²) in [5.74, 6) is 0.908. The molecule has 0 fully saturated rings. The summed E-state index contributed by atoms with van der Waals surface area (Å²) in [6, 6.07) is 7.99. The summed E-state index contributed by atoms with van der Waals surface area (Å²) in [6.45, 7) is 5.03. The van der Waals surface area contributed by atoms with Gasteiger partial charge in [-0.1, -0.05) is 12.1 Å². The zero-order chi connectivity index (χ0) is 13.4. The highest BCUT2D eigenvalue weighted by molar-refractivity contribution is 5.77. The lowest BCUT2D eigenvalue weighted by atomic mass is 10.1. The zero-order valence-corrected chi connectivity index (χ0v) is 11.3.